The Bertz CT molecular complexity index is 1950. The van der Waals surface area contributed by atoms with E-state index in [-0.39, 0.29) is 83.2 Å². The molecule has 3 aliphatic heterocycles. The smallest absolute Gasteiger partial charge is 0.417 e. The van der Waals surface area contributed by atoms with Crippen LogP contribution in [0.25, 0.3) is 32.2 Å². The van der Waals surface area contributed by atoms with Crippen LogP contribution in [0.2, 0.25) is 0 Å². The second kappa shape index (κ2) is 11.8. The number of fused-ring (bicyclic) bond motifs is 3. The van der Waals surface area contributed by atoms with Crippen LogP contribution in [0.4, 0.5) is 37.3 Å². The van der Waals surface area contributed by atoms with Crippen molar-refractivity contribution >= 4 is 49.3 Å². The van der Waals surface area contributed by atoms with Crippen LogP contribution in [0.1, 0.15) is 31.7 Å². The van der Waals surface area contributed by atoms with E-state index in [0.717, 1.165) is 36.0 Å². The number of amides is 1. The average molecular weight is 692 g/mol. The molecule has 0 bridgehead atoms. The minimum Gasteiger partial charge on any atom is -0.461 e. The summed E-state index contributed by atoms with van der Waals surface area (Å²) in [5.74, 6) is -2.40. The maximum absolute atomic E-state index is 16.9. The van der Waals surface area contributed by atoms with Gasteiger partial charge < -0.3 is 20.3 Å². The number of hydrogen-bond acceptors (Lipinski definition) is 9. The quantitative estimate of drug-likeness (QED) is 0.195. The van der Waals surface area contributed by atoms with Crippen LogP contribution < -0.4 is 15.4 Å². The third-order valence-corrected chi connectivity index (χ3v) is 10.5. The number of ether oxygens (including phenoxy) is 1. The molecule has 4 aromatic rings. The first-order valence-electron chi connectivity index (χ1n) is 15.5. The molecule has 2 N–H and O–H groups in total. The molecule has 0 aliphatic carbocycles. The number of halogens is 6. The molecule has 0 spiro atoms. The maximum atomic E-state index is 16.9. The summed E-state index contributed by atoms with van der Waals surface area (Å²) in [5, 5.41) is -0.329. The Hall–Kier alpha value is -4.18. The summed E-state index contributed by atoms with van der Waals surface area (Å²) in [6, 6.07) is 2.02. The first-order chi connectivity index (χ1) is 22.8. The summed E-state index contributed by atoms with van der Waals surface area (Å²) in [4.78, 5) is 30.5. The van der Waals surface area contributed by atoms with Crippen molar-refractivity contribution in [2.45, 2.75) is 50.1 Å². The topological polar surface area (TPSA) is 101 Å². The van der Waals surface area contributed by atoms with Gasteiger partial charge in [0.25, 0.3) is 0 Å². The summed E-state index contributed by atoms with van der Waals surface area (Å²) in [7, 11) is 0. The van der Waals surface area contributed by atoms with Gasteiger partial charge in [-0.1, -0.05) is 17.9 Å². The number of benzene rings is 2. The summed E-state index contributed by atoms with van der Waals surface area (Å²) in [6.45, 7) is 6.83. The number of nitrogens with zero attached hydrogens (tertiary/aromatic N) is 6. The number of carbonyl (C=O) groups excluding carboxylic acids is 1. The number of anilines is 2. The predicted molar refractivity (Wildman–Crippen MR) is 170 cm³/mol. The molecule has 7 rings (SSSR count). The molecule has 3 atom stereocenters. The summed E-state index contributed by atoms with van der Waals surface area (Å²) in [6.07, 6.45) is -3.15. The first-order valence-corrected chi connectivity index (χ1v) is 16.3. The van der Waals surface area contributed by atoms with E-state index in [1.54, 1.807) is 16.7 Å². The van der Waals surface area contributed by atoms with E-state index in [1.165, 1.54) is 6.08 Å². The van der Waals surface area contributed by atoms with Crippen LogP contribution in [0.15, 0.2) is 30.9 Å². The van der Waals surface area contributed by atoms with Gasteiger partial charge in [-0.3, -0.25) is 9.69 Å². The fraction of sp³-hybridized carbons (Fsp3) is 0.438. The highest BCUT2D eigenvalue weighted by atomic mass is 32.1. The average Bonchev–Trinajstić information content (AvgIpc) is 3.71. The number of carbonyl (C=O) groups is 1. The van der Waals surface area contributed by atoms with Crippen LogP contribution in [0.5, 0.6) is 6.01 Å². The maximum Gasteiger partial charge on any atom is 0.417 e. The number of thiazole rings is 1. The zero-order valence-corrected chi connectivity index (χ0v) is 26.6. The predicted octanol–water partition coefficient (Wildman–Crippen LogP) is 5.96. The Morgan fingerprint density at radius 2 is 1.96 bits per heavy atom. The van der Waals surface area contributed by atoms with Crippen molar-refractivity contribution in [2.75, 3.05) is 50.0 Å². The highest BCUT2D eigenvalue weighted by Crippen LogP contribution is 2.46. The molecule has 2 aromatic heterocycles. The largest absolute Gasteiger partial charge is 0.461 e. The van der Waals surface area contributed by atoms with E-state index in [9.17, 15) is 26.7 Å². The van der Waals surface area contributed by atoms with E-state index in [2.05, 4.69) is 21.5 Å². The van der Waals surface area contributed by atoms with E-state index >= 15 is 4.39 Å². The lowest BCUT2D eigenvalue weighted by Gasteiger charge is -2.40. The van der Waals surface area contributed by atoms with Gasteiger partial charge in [-0.2, -0.15) is 23.1 Å². The van der Waals surface area contributed by atoms with Crippen molar-refractivity contribution in [3.05, 3.63) is 48.1 Å². The van der Waals surface area contributed by atoms with Crippen molar-refractivity contribution in [2.24, 2.45) is 0 Å². The van der Waals surface area contributed by atoms with Gasteiger partial charge in [0.05, 0.1) is 21.3 Å². The van der Waals surface area contributed by atoms with Crippen molar-refractivity contribution in [1.82, 2.24) is 24.8 Å². The molecule has 2 aromatic carbocycles. The van der Waals surface area contributed by atoms with Crippen molar-refractivity contribution in [3.8, 4) is 17.1 Å². The van der Waals surface area contributed by atoms with Gasteiger partial charge in [0.15, 0.2) is 10.9 Å². The van der Waals surface area contributed by atoms with Gasteiger partial charge in [-0.15, -0.1) is 0 Å². The first kappa shape index (κ1) is 32.4. The monoisotopic (exact) mass is 691 g/mol. The van der Waals surface area contributed by atoms with Crippen LogP contribution in [0.3, 0.4) is 0 Å². The second-order valence-electron chi connectivity index (χ2n) is 12.6. The summed E-state index contributed by atoms with van der Waals surface area (Å²) >= 11 is 0.735. The SMILES string of the molecule is C=CC(=O)N1CCN(c2nc(OC[C@@]34CCCN3C[C@H](F)C4)nc3c(F)c(-c4ccc(F)c5sc(N)nc45)c(C(F)(F)F)cc23)[C@@H](C)C1. The number of rotatable bonds is 6. The van der Waals surface area contributed by atoms with Gasteiger partial charge in [0.2, 0.25) is 5.91 Å². The zero-order chi connectivity index (χ0) is 34.1. The lowest BCUT2D eigenvalue weighted by Crippen LogP contribution is -2.53. The molecule has 5 heterocycles. The number of aromatic nitrogens is 3. The number of piperazine rings is 1. The zero-order valence-electron chi connectivity index (χ0n) is 25.8. The Morgan fingerprint density at radius 1 is 1.17 bits per heavy atom. The Balaban J connectivity index is 1.42. The Kier molecular flexibility index (Phi) is 7.93. The summed E-state index contributed by atoms with van der Waals surface area (Å²) in [5.41, 5.74) is 2.01. The van der Waals surface area contributed by atoms with Crippen LogP contribution >= 0.6 is 11.3 Å². The second-order valence-corrected chi connectivity index (χ2v) is 13.6. The van der Waals surface area contributed by atoms with Crippen molar-refractivity contribution in [1.29, 1.82) is 0 Å². The molecule has 9 nitrogen and oxygen atoms in total. The molecular formula is C32H31F6N7O2S. The normalized spacial score (nSPS) is 23.3. The standard InChI is InChI=1S/C32H31F6N7O2S/c1-3-22(46)43-9-10-45(16(2)13-43)28-19-11-20(32(36,37)38)23(18-5-6-21(34)27-26(18)40-29(39)48-27)24(35)25(19)41-30(42-28)47-15-31-7-4-8-44(31)14-17(33)12-31/h3,5-6,11,16-17H,1,4,7-10,12-15H2,2H3,(H2,39,40)/t16-,17+,31-/m0/s1. The van der Waals surface area contributed by atoms with E-state index in [4.69, 9.17) is 10.5 Å². The van der Waals surface area contributed by atoms with E-state index in [1.807, 2.05) is 4.90 Å². The minimum atomic E-state index is -5.06. The molecule has 0 radical (unpaired) electrons. The van der Waals surface area contributed by atoms with Gasteiger partial charge in [-0.05, 0) is 50.6 Å². The number of nitrogens with two attached hydrogens (primary N) is 1. The van der Waals surface area contributed by atoms with Gasteiger partial charge in [0, 0.05) is 55.2 Å². The summed E-state index contributed by atoms with van der Waals surface area (Å²) < 4.78 is 96.5. The third-order valence-electron chi connectivity index (χ3n) is 9.59. The number of alkyl halides is 4. The fourth-order valence-electron chi connectivity index (χ4n) is 7.40. The Morgan fingerprint density at radius 3 is 2.69 bits per heavy atom. The number of nitrogen functional groups attached to an aromatic ring is 1. The molecule has 3 aliphatic rings. The lowest BCUT2D eigenvalue weighted by molar-refractivity contribution is -0.137. The van der Waals surface area contributed by atoms with Gasteiger partial charge in [0.1, 0.15) is 29.9 Å². The van der Waals surface area contributed by atoms with Gasteiger partial charge in [-0.25, -0.2) is 18.2 Å². The van der Waals surface area contributed by atoms with Crippen molar-refractivity contribution < 1.29 is 35.9 Å². The Labute approximate surface area is 275 Å². The number of hydrogen-bond donors (Lipinski definition) is 1. The van der Waals surface area contributed by atoms with Crippen LogP contribution in [0, 0.1) is 11.6 Å². The lowest BCUT2D eigenvalue weighted by atomic mass is 9.94. The molecule has 16 heteroatoms. The van der Waals surface area contributed by atoms with Crippen molar-refractivity contribution in [3.63, 3.8) is 0 Å². The molecule has 3 fully saturated rings. The molecule has 254 valence electrons. The third kappa shape index (κ3) is 5.38. The van der Waals surface area contributed by atoms with Gasteiger partial charge >= 0.3 is 12.2 Å². The van der Waals surface area contributed by atoms with Crippen LogP contribution in [-0.2, 0) is 11.0 Å². The molecule has 1 amide bonds. The highest BCUT2D eigenvalue weighted by molar-refractivity contribution is 7.22. The molecule has 3 saturated heterocycles. The highest BCUT2D eigenvalue weighted by Gasteiger charge is 2.49. The molecule has 48 heavy (non-hydrogen) atoms. The molecule has 0 unspecified atom stereocenters. The molecule has 0 saturated carbocycles. The fourth-order valence-corrected chi connectivity index (χ4v) is 8.17. The van der Waals surface area contributed by atoms with E-state index < -0.39 is 52.2 Å². The minimum absolute atomic E-state index is 0.00132. The van der Waals surface area contributed by atoms with Crippen LogP contribution in [-0.4, -0.2) is 87.7 Å². The molecular weight excluding hydrogens is 660 g/mol. The van der Waals surface area contributed by atoms with E-state index in [0.29, 0.717) is 13.0 Å².